The van der Waals surface area contributed by atoms with Crippen LogP contribution in [-0.4, -0.2) is 42.5 Å². The molecule has 0 saturated carbocycles. The third kappa shape index (κ3) is 11.8. The van der Waals surface area contributed by atoms with Gasteiger partial charge in [0.1, 0.15) is 17.9 Å². The fourth-order valence-electron chi connectivity index (χ4n) is 4.02. The van der Waals surface area contributed by atoms with E-state index in [1.165, 1.54) is 6.07 Å². The Morgan fingerprint density at radius 1 is 1.03 bits per heavy atom. The van der Waals surface area contributed by atoms with Crippen LogP contribution in [0.5, 0.6) is 5.75 Å². The molecule has 0 amide bonds. The monoisotopic (exact) mass is 579 g/mol. The Morgan fingerprint density at radius 2 is 1.67 bits per heavy atom. The van der Waals surface area contributed by atoms with Crippen LogP contribution in [0.3, 0.4) is 0 Å². The molecule has 7 nitrogen and oxygen atoms in total. The van der Waals surface area contributed by atoms with E-state index in [2.05, 4.69) is 11.9 Å². The largest absolute Gasteiger partial charge is 0.493 e. The summed E-state index contributed by atoms with van der Waals surface area (Å²) in [5.41, 5.74) is -2.92. The molecule has 0 bridgehead atoms. The molecule has 0 radical (unpaired) electrons. The maximum Gasteiger partial charge on any atom is 0.475 e. The van der Waals surface area contributed by atoms with E-state index in [1.807, 2.05) is 0 Å². The van der Waals surface area contributed by atoms with E-state index in [0.717, 1.165) is 25.3 Å². The summed E-state index contributed by atoms with van der Waals surface area (Å²) in [6, 6.07) is 4.13. The summed E-state index contributed by atoms with van der Waals surface area (Å²) in [5, 5.41) is 0. The molecule has 1 aromatic rings. The van der Waals surface area contributed by atoms with Crippen molar-refractivity contribution in [3.8, 4) is 5.75 Å². The number of unbranched alkanes of at least 4 members (excludes halogenated alkanes) is 3. The minimum atomic E-state index is -4.55. The van der Waals surface area contributed by atoms with Crippen molar-refractivity contribution in [1.82, 2.24) is 0 Å². The molecule has 0 fully saturated rings. The van der Waals surface area contributed by atoms with Gasteiger partial charge >= 0.3 is 14.0 Å². The Bertz CT molecular complexity index is 996. The molecule has 0 aromatic heterocycles. The van der Waals surface area contributed by atoms with Crippen LogP contribution < -0.4 is 4.74 Å². The number of aliphatic imine (C=N–C) groups is 1. The topological polar surface area (TPSA) is 75.6 Å². The van der Waals surface area contributed by atoms with Gasteiger partial charge in [0.25, 0.3) is 0 Å². The normalized spacial score (nSPS) is 18.7. The first-order valence-electron chi connectivity index (χ1n) is 13.5. The van der Waals surface area contributed by atoms with Gasteiger partial charge < -0.3 is 9.47 Å². The molecule has 0 saturated heterocycles. The summed E-state index contributed by atoms with van der Waals surface area (Å²) in [6.45, 7) is 14.4. The number of hydrogen-bond donors (Lipinski definition) is 0. The summed E-state index contributed by atoms with van der Waals surface area (Å²) in [6.07, 6.45) is -0.328. The number of rotatable bonds is 14. The van der Waals surface area contributed by atoms with Gasteiger partial charge in [-0.2, -0.15) is 13.2 Å². The first-order valence-corrected chi connectivity index (χ1v) is 15.0. The molecule has 224 valence electrons. The van der Waals surface area contributed by atoms with Gasteiger partial charge in [0.15, 0.2) is 5.90 Å². The zero-order valence-corrected chi connectivity index (χ0v) is 25.5. The van der Waals surface area contributed by atoms with Crippen LogP contribution in [0, 0.1) is 0 Å². The van der Waals surface area contributed by atoms with E-state index >= 15 is 0 Å². The molecule has 1 atom stereocenters. The lowest BCUT2D eigenvalue weighted by Gasteiger charge is -2.33. The van der Waals surface area contributed by atoms with Gasteiger partial charge in [0.2, 0.25) is 0 Å². The predicted molar refractivity (Wildman–Crippen MR) is 146 cm³/mol. The van der Waals surface area contributed by atoms with Crippen molar-refractivity contribution < 1.29 is 40.8 Å². The van der Waals surface area contributed by atoms with E-state index in [4.69, 9.17) is 23.0 Å². The number of ether oxygens (including phenoxy) is 2. The highest BCUT2D eigenvalue weighted by atomic mass is 31.2. The Labute approximate surface area is 231 Å². The molecule has 1 aliphatic heterocycles. The molecule has 1 unspecified atom stereocenters. The molecule has 0 spiro atoms. The van der Waals surface area contributed by atoms with E-state index in [1.54, 1.807) is 54.5 Å². The number of hydrogen-bond acceptors (Lipinski definition) is 7. The summed E-state index contributed by atoms with van der Waals surface area (Å²) >= 11 is 0. The number of nitrogens with zero attached hydrogens (tertiary/aromatic N) is 1. The highest BCUT2D eigenvalue weighted by Crippen LogP contribution is 2.56. The molecule has 1 aliphatic rings. The smallest absolute Gasteiger partial charge is 0.475 e. The fraction of sp³-hybridized carbons (Fsp3) is 0.750. The molecule has 0 aliphatic carbocycles. The lowest BCUT2D eigenvalue weighted by atomic mass is 9.93. The maximum atomic E-state index is 13.8. The highest BCUT2D eigenvalue weighted by molar-refractivity contribution is 7.48. The second-order valence-corrected chi connectivity index (χ2v) is 13.5. The van der Waals surface area contributed by atoms with Crippen molar-refractivity contribution in [3.05, 3.63) is 29.3 Å². The Balaban J connectivity index is 2.20. The molecule has 11 heteroatoms. The zero-order chi connectivity index (χ0) is 29.5. The van der Waals surface area contributed by atoms with Gasteiger partial charge in [-0.3, -0.25) is 13.6 Å². The number of alkyl halides is 3. The quantitative estimate of drug-likeness (QED) is 0.162. The van der Waals surface area contributed by atoms with Crippen LogP contribution in [0.25, 0.3) is 0 Å². The average molecular weight is 580 g/mol. The second kappa shape index (κ2) is 13.4. The van der Waals surface area contributed by atoms with E-state index < -0.39 is 36.3 Å². The van der Waals surface area contributed by atoms with Crippen molar-refractivity contribution in [2.24, 2.45) is 4.99 Å². The van der Waals surface area contributed by atoms with Crippen molar-refractivity contribution in [2.45, 2.75) is 117 Å². The molecule has 1 aromatic carbocycles. The minimum Gasteiger partial charge on any atom is -0.493 e. The predicted octanol–water partition coefficient (Wildman–Crippen LogP) is 8.54. The summed E-state index contributed by atoms with van der Waals surface area (Å²) in [5.74, 6) is 0.253. The van der Waals surface area contributed by atoms with E-state index in [-0.39, 0.29) is 32.0 Å². The maximum absolute atomic E-state index is 13.8. The SMILES string of the molecule is CCCCCCOc1ccc(CCC2(COP(=O)(OC(C)(C)C)OC(C)(C)C)COC(C)=N2)cc1C(F)(F)F. The van der Waals surface area contributed by atoms with Crippen molar-refractivity contribution in [2.75, 3.05) is 19.8 Å². The van der Waals surface area contributed by atoms with Crippen LogP contribution in [0.15, 0.2) is 23.2 Å². The van der Waals surface area contributed by atoms with Gasteiger partial charge in [0.05, 0.1) is 30.0 Å². The van der Waals surface area contributed by atoms with Crippen LogP contribution in [0.4, 0.5) is 13.2 Å². The molecule has 0 N–H and O–H groups in total. The number of phosphoric ester groups is 1. The van der Waals surface area contributed by atoms with Gasteiger partial charge in [-0.1, -0.05) is 32.3 Å². The van der Waals surface area contributed by atoms with Crippen LogP contribution in [0.1, 0.15) is 98.6 Å². The van der Waals surface area contributed by atoms with Crippen LogP contribution in [0.2, 0.25) is 0 Å². The standard InChI is InChI=1S/C28H45F3NO6P/c1-9-10-11-12-17-34-24-14-13-22(18-23(24)28(29,30)31)15-16-27(19-35-21(2)32-27)20-36-39(33,37-25(3,4)5)38-26(6,7)8/h13-14,18H,9-12,15-17,19-20H2,1-8H3. The van der Waals surface area contributed by atoms with E-state index in [9.17, 15) is 17.7 Å². The Kier molecular flexibility index (Phi) is 11.5. The molecule has 39 heavy (non-hydrogen) atoms. The van der Waals surface area contributed by atoms with Gasteiger partial charge in [-0.25, -0.2) is 9.56 Å². The van der Waals surface area contributed by atoms with E-state index in [0.29, 0.717) is 24.3 Å². The molecular formula is C28H45F3NO6P. The lowest BCUT2D eigenvalue weighted by molar-refractivity contribution is -0.139. The third-order valence-corrected chi connectivity index (χ3v) is 7.68. The van der Waals surface area contributed by atoms with Crippen LogP contribution in [-0.2, 0) is 35.5 Å². The lowest BCUT2D eigenvalue weighted by Crippen LogP contribution is -2.36. The molecule has 1 heterocycles. The van der Waals surface area contributed by atoms with Crippen molar-refractivity contribution >= 4 is 13.7 Å². The molecular weight excluding hydrogens is 534 g/mol. The van der Waals surface area contributed by atoms with Crippen LogP contribution >= 0.6 is 7.82 Å². The number of aryl methyl sites for hydroxylation is 1. The number of phosphoric acid groups is 1. The zero-order valence-electron chi connectivity index (χ0n) is 24.6. The van der Waals surface area contributed by atoms with Gasteiger partial charge in [-0.15, -0.1) is 0 Å². The number of benzene rings is 1. The Hall–Kier alpha value is -1.61. The minimum absolute atomic E-state index is 0.134. The first kappa shape index (κ1) is 33.6. The third-order valence-electron chi connectivity index (χ3n) is 5.69. The summed E-state index contributed by atoms with van der Waals surface area (Å²) in [4.78, 5) is 4.58. The summed E-state index contributed by atoms with van der Waals surface area (Å²) < 4.78 is 83.4. The summed E-state index contributed by atoms with van der Waals surface area (Å²) in [7, 11) is -4.02. The van der Waals surface area contributed by atoms with Gasteiger partial charge in [-0.05, 0) is 78.5 Å². The fourth-order valence-corrected chi connectivity index (χ4v) is 5.90. The van der Waals surface area contributed by atoms with Crippen molar-refractivity contribution in [1.29, 1.82) is 0 Å². The molecule has 2 rings (SSSR count). The Morgan fingerprint density at radius 3 is 2.18 bits per heavy atom. The highest BCUT2D eigenvalue weighted by Gasteiger charge is 2.43. The average Bonchev–Trinajstić information content (AvgIpc) is 3.15. The second-order valence-electron chi connectivity index (χ2n) is 12.0. The van der Waals surface area contributed by atoms with Gasteiger partial charge in [0, 0.05) is 6.92 Å². The first-order chi connectivity index (χ1) is 17.9. The number of halogens is 3. The van der Waals surface area contributed by atoms with Crippen molar-refractivity contribution in [3.63, 3.8) is 0 Å².